The molecule has 0 bridgehead atoms. The molecule has 2 atom stereocenters. The smallest absolute Gasteiger partial charge is 0.326 e. The number of carbonyl (C=O) groups is 3. The van der Waals surface area contributed by atoms with Crippen molar-refractivity contribution in [2.24, 2.45) is 5.41 Å². The average molecular weight is 286 g/mol. The minimum Gasteiger partial charge on any atom is -0.481 e. The molecule has 114 valence electrons. The van der Waals surface area contributed by atoms with Gasteiger partial charge in [0.2, 0.25) is 0 Å². The third-order valence-corrected chi connectivity index (χ3v) is 3.52. The minimum atomic E-state index is -1.41. The van der Waals surface area contributed by atoms with E-state index in [1.165, 1.54) is 0 Å². The first kappa shape index (κ1) is 16.3. The lowest BCUT2D eigenvalue weighted by molar-refractivity contribution is -0.145. The fourth-order valence-electron chi connectivity index (χ4n) is 2.58. The highest BCUT2D eigenvalue weighted by molar-refractivity contribution is 5.86. The normalized spacial score (nSPS) is 22.6. The Morgan fingerprint density at radius 2 is 1.95 bits per heavy atom. The summed E-state index contributed by atoms with van der Waals surface area (Å²) < 4.78 is 0. The van der Waals surface area contributed by atoms with Crippen molar-refractivity contribution in [1.82, 2.24) is 10.6 Å². The van der Waals surface area contributed by atoms with Crippen LogP contribution in [0.1, 0.15) is 46.0 Å². The zero-order valence-corrected chi connectivity index (χ0v) is 11.8. The molecule has 1 rings (SSSR count). The lowest BCUT2D eigenvalue weighted by Crippen LogP contribution is -2.51. The molecule has 0 radical (unpaired) electrons. The van der Waals surface area contributed by atoms with Gasteiger partial charge in [0.15, 0.2) is 0 Å². The third-order valence-electron chi connectivity index (χ3n) is 3.52. The van der Waals surface area contributed by atoms with E-state index in [0.717, 1.165) is 25.7 Å². The van der Waals surface area contributed by atoms with Crippen LogP contribution in [0.25, 0.3) is 0 Å². The van der Waals surface area contributed by atoms with Gasteiger partial charge in [-0.25, -0.2) is 9.59 Å². The van der Waals surface area contributed by atoms with Crippen LogP contribution in [0.4, 0.5) is 4.79 Å². The van der Waals surface area contributed by atoms with E-state index < -0.39 is 30.4 Å². The number of carboxylic acids is 2. The van der Waals surface area contributed by atoms with Crippen molar-refractivity contribution in [3.63, 3.8) is 0 Å². The van der Waals surface area contributed by atoms with Gasteiger partial charge >= 0.3 is 18.0 Å². The first-order chi connectivity index (χ1) is 9.19. The Labute approximate surface area is 117 Å². The van der Waals surface area contributed by atoms with E-state index in [-0.39, 0.29) is 11.5 Å². The zero-order valence-electron chi connectivity index (χ0n) is 11.8. The number of amides is 2. The summed E-state index contributed by atoms with van der Waals surface area (Å²) in [6.07, 6.45) is 3.16. The van der Waals surface area contributed by atoms with Crippen molar-refractivity contribution in [1.29, 1.82) is 0 Å². The quantitative estimate of drug-likeness (QED) is 0.605. The van der Waals surface area contributed by atoms with Crippen molar-refractivity contribution in [2.75, 3.05) is 0 Å². The molecule has 1 aliphatic rings. The average Bonchev–Trinajstić information content (AvgIpc) is 2.25. The molecular formula is C13H22N2O5. The summed E-state index contributed by atoms with van der Waals surface area (Å²) in [6, 6.07) is -2.04. The summed E-state index contributed by atoms with van der Waals surface area (Å²) in [5, 5.41) is 22.4. The molecule has 0 aromatic rings. The van der Waals surface area contributed by atoms with E-state index in [1.807, 2.05) is 0 Å². The second-order valence-corrected chi connectivity index (χ2v) is 6.06. The molecule has 0 saturated heterocycles. The highest BCUT2D eigenvalue weighted by atomic mass is 16.4. The van der Waals surface area contributed by atoms with Crippen molar-refractivity contribution >= 4 is 18.0 Å². The molecule has 0 aromatic heterocycles. The number of hydrogen-bond donors (Lipinski definition) is 4. The van der Waals surface area contributed by atoms with Crippen LogP contribution in [-0.4, -0.2) is 40.3 Å². The van der Waals surface area contributed by atoms with Crippen molar-refractivity contribution in [3.8, 4) is 0 Å². The molecule has 1 aliphatic carbocycles. The maximum atomic E-state index is 11.7. The molecule has 1 fully saturated rings. The second kappa shape index (κ2) is 6.58. The Morgan fingerprint density at radius 1 is 1.30 bits per heavy atom. The van der Waals surface area contributed by atoms with Gasteiger partial charge in [0.05, 0.1) is 6.42 Å². The predicted octanol–water partition coefficient (Wildman–Crippen LogP) is 1.18. The molecule has 7 nitrogen and oxygen atoms in total. The van der Waals surface area contributed by atoms with Crippen LogP contribution in [-0.2, 0) is 9.59 Å². The molecular weight excluding hydrogens is 264 g/mol. The van der Waals surface area contributed by atoms with Gasteiger partial charge in [-0.3, -0.25) is 4.79 Å². The van der Waals surface area contributed by atoms with Gasteiger partial charge in [0.1, 0.15) is 6.04 Å². The third kappa shape index (κ3) is 5.46. The van der Waals surface area contributed by atoms with Gasteiger partial charge in [0.25, 0.3) is 0 Å². The highest BCUT2D eigenvalue weighted by Gasteiger charge is 2.30. The Morgan fingerprint density at radius 3 is 2.45 bits per heavy atom. The number of hydrogen-bond acceptors (Lipinski definition) is 3. The monoisotopic (exact) mass is 286 g/mol. The number of nitrogens with one attached hydrogen (secondary N) is 2. The Balaban J connectivity index is 2.49. The molecule has 1 unspecified atom stereocenters. The van der Waals surface area contributed by atoms with Crippen LogP contribution in [0, 0.1) is 5.41 Å². The van der Waals surface area contributed by atoms with Crippen LogP contribution in [0.3, 0.4) is 0 Å². The van der Waals surface area contributed by atoms with Gasteiger partial charge in [-0.05, 0) is 24.7 Å². The minimum absolute atomic E-state index is 0.00183. The SMILES string of the molecule is CC1(C)CCCC(NC(=O)N[C@@H](CC(=O)O)C(=O)O)C1. The van der Waals surface area contributed by atoms with Gasteiger partial charge in [-0.1, -0.05) is 20.3 Å². The largest absolute Gasteiger partial charge is 0.481 e. The number of aliphatic carboxylic acids is 2. The molecule has 1 saturated carbocycles. The lowest BCUT2D eigenvalue weighted by Gasteiger charge is -2.35. The fourth-order valence-corrected chi connectivity index (χ4v) is 2.58. The molecule has 7 heteroatoms. The van der Waals surface area contributed by atoms with Crippen LogP contribution < -0.4 is 10.6 Å². The summed E-state index contributed by atoms with van der Waals surface area (Å²) in [4.78, 5) is 33.1. The number of carboxylic acid groups (broad SMARTS) is 2. The van der Waals surface area contributed by atoms with Crippen LogP contribution >= 0.6 is 0 Å². The van der Waals surface area contributed by atoms with E-state index in [0.29, 0.717) is 0 Å². The van der Waals surface area contributed by atoms with Crippen LogP contribution in [0.2, 0.25) is 0 Å². The maximum absolute atomic E-state index is 11.7. The van der Waals surface area contributed by atoms with Crippen LogP contribution in [0.5, 0.6) is 0 Å². The standard InChI is InChI=1S/C13H22N2O5/c1-13(2)5-3-4-8(7-13)14-12(20)15-9(11(18)19)6-10(16)17/h8-9H,3-7H2,1-2H3,(H,16,17)(H,18,19)(H2,14,15,20)/t8?,9-/m0/s1. The number of rotatable bonds is 5. The van der Waals surface area contributed by atoms with E-state index >= 15 is 0 Å². The van der Waals surface area contributed by atoms with Crippen LogP contribution in [0.15, 0.2) is 0 Å². The first-order valence-electron chi connectivity index (χ1n) is 6.71. The molecule has 4 N–H and O–H groups in total. The molecule has 2 amide bonds. The van der Waals surface area contributed by atoms with E-state index in [9.17, 15) is 14.4 Å². The second-order valence-electron chi connectivity index (χ2n) is 6.06. The summed E-state index contributed by atoms with van der Waals surface area (Å²) in [7, 11) is 0. The lowest BCUT2D eigenvalue weighted by atomic mass is 9.75. The summed E-state index contributed by atoms with van der Waals surface area (Å²) in [6.45, 7) is 4.26. The highest BCUT2D eigenvalue weighted by Crippen LogP contribution is 2.34. The van der Waals surface area contributed by atoms with Crippen molar-refractivity contribution < 1.29 is 24.6 Å². The van der Waals surface area contributed by atoms with Gasteiger partial charge in [-0.15, -0.1) is 0 Å². The predicted molar refractivity (Wildman–Crippen MR) is 71.4 cm³/mol. The van der Waals surface area contributed by atoms with Gasteiger partial charge in [-0.2, -0.15) is 0 Å². The van der Waals surface area contributed by atoms with Crippen molar-refractivity contribution in [3.05, 3.63) is 0 Å². The molecule has 0 aromatic carbocycles. The van der Waals surface area contributed by atoms with Gasteiger partial charge in [0, 0.05) is 6.04 Å². The Kier molecular flexibility index (Phi) is 5.35. The molecule has 0 spiro atoms. The Bertz CT molecular complexity index is 394. The first-order valence-corrected chi connectivity index (χ1v) is 6.71. The zero-order chi connectivity index (χ0) is 15.3. The molecule has 0 heterocycles. The summed E-state index contributed by atoms with van der Waals surface area (Å²) in [5.74, 6) is -2.62. The summed E-state index contributed by atoms with van der Waals surface area (Å²) in [5.41, 5.74) is 0.156. The van der Waals surface area contributed by atoms with E-state index in [1.54, 1.807) is 0 Å². The number of carbonyl (C=O) groups excluding carboxylic acids is 1. The topological polar surface area (TPSA) is 116 Å². The Hall–Kier alpha value is -1.79. The van der Waals surface area contributed by atoms with E-state index in [2.05, 4.69) is 24.5 Å². The maximum Gasteiger partial charge on any atom is 0.326 e. The summed E-state index contributed by atoms with van der Waals surface area (Å²) >= 11 is 0. The van der Waals surface area contributed by atoms with Crippen molar-refractivity contribution in [2.45, 2.75) is 58.0 Å². The van der Waals surface area contributed by atoms with E-state index in [4.69, 9.17) is 10.2 Å². The van der Waals surface area contributed by atoms with Gasteiger partial charge < -0.3 is 20.8 Å². The fraction of sp³-hybridized carbons (Fsp3) is 0.769. The molecule has 0 aliphatic heterocycles. The molecule has 20 heavy (non-hydrogen) atoms. The number of urea groups is 1.